The minimum atomic E-state index is -0.702. The summed E-state index contributed by atoms with van der Waals surface area (Å²) in [5.41, 5.74) is 1.26. The van der Waals surface area contributed by atoms with E-state index in [-0.39, 0.29) is 10.3 Å². The van der Waals surface area contributed by atoms with Crippen molar-refractivity contribution in [2.75, 3.05) is 10.2 Å². The van der Waals surface area contributed by atoms with Gasteiger partial charge in [-0.25, -0.2) is 0 Å². The Morgan fingerprint density at radius 3 is 2.60 bits per heavy atom. The normalized spacial score (nSPS) is 14.7. The number of hydrogen-bond donors (Lipinski definition) is 1. The first-order chi connectivity index (χ1) is 7.11. The monoisotopic (exact) mass is 262 g/mol. The van der Waals surface area contributed by atoms with E-state index < -0.39 is 5.37 Å². The maximum absolute atomic E-state index is 11.2. The largest absolute Gasteiger partial charge is 0.342 e. The molecule has 1 aromatic carbocycles. The number of rotatable bonds is 0. The van der Waals surface area contributed by atoms with Gasteiger partial charge in [-0.3, -0.25) is 9.69 Å². The van der Waals surface area contributed by atoms with Gasteiger partial charge >= 0.3 is 5.37 Å². The lowest BCUT2D eigenvalue weighted by Crippen LogP contribution is -2.28. The third-order valence-corrected chi connectivity index (χ3v) is 2.84. The summed E-state index contributed by atoms with van der Waals surface area (Å²) in [5.74, 6) is 0. The molecule has 0 saturated heterocycles. The van der Waals surface area contributed by atoms with E-state index in [4.69, 9.17) is 34.8 Å². The number of nitrogens with one attached hydrogen (secondary N) is 1. The van der Waals surface area contributed by atoms with Gasteiger partial charge in [0.1, 0.15) is 5.16 Å². The fourth-order valence-electron chi connectivity index (χ4n) is 1.32. The first kappa shape index (κ1) is 10.6. The van der Waals surface area contributed by atoms with Gasteiger partial charge in [0.2, 0.25) is 0 Å². The fraction of sp³-hybridized carbons (Fsp3) is 0. The Labute approximate surface area is 101 Å². The van der Waals surface area contributed by atoms with E-state index in [1.165, 1.54) is 0 Å². The summed E-state index contributed by atoms with van der Waals surface area (Å²) in [4.78, 5) is 12.3. The SMILES string of the molecule is O=C(Cl)N1C(Cl)=C(Cl)Nc2ccccc21. The third kappa shape index (κ3) is 1.78. The lowest BCUT2D eigenvalue weighted by Gasteiger charge is -2.27. The smallest absolute Gasteiger partial charge is 0.326 e. The molecule has 0 aromatic heterocycles. The number of hydrogen-bond acceptors (Lipinski definition) is 2. The number of amides is 1. The van der Waals surface area contributed by atoms with Crippen LogP contribution in [0.15, 0.2) is 34.6 Å². The van der Waals surface area contributed by atoms with Gasteiger partial charge in [0.15, 0.2) is 5.16 Å². The average Bonchev–Trinajstić information content (AvgIpc) is 2.19. The minimum absolute atomic E-state index is 0.0652. The molecule has 0 radical (unpaired) electrons. The molecule has 0 fully saturated rings. The van der Waals surface area contributed by atoms with Crippen LogP contribution in [0.3, 0.4) is 0 Å². The molecule has 2 rings (SSSR count). The van der Waals surface area contributed by atoms with Crippen LogP contribution in [0, 0.1) is 0 Å². The van der Waals surface area contributed by atoms with Crippen LogP contribution >= 0.6 is 34.8 Å². The third-order valence-electron chi connectivity index (χ3n) is 1.94. The molecule has 0 unspecified atom stereocenters. The van der Waals surface area contributed by atoms with E-state index in [1.54, 1.807) is 18.2 Å². The molecule has 0 atom stereocenters. The molecule has 6 heteroatoms. The van der Waals surface area contributed by atoms with Gasteiger partial charge in [-0.05, 0) is 23.7 Å². The lowest BCUT2D eigenvalue weighted by atomic mass is 10.2. The van der Waals surface area contributed by atoms with Crippen LogP contribution in [0.25, 0.3) is 0 Å². The van der Waals surface area contributed by atoms with E-state index in [9.17, 15) is 4.79 Å². The molecular formula is C9H5Cl3N2O. The Bertz CT molecular complexity index is 458. The molecule has 0 aliphatic carbocycles. The standard InChI is InChI=1S/C9H5Cl3N2O/c10-7-8(11)14(9(12)15)6-4-2-1-3-5(6)13-7/h1-4,13H. The van der Waals surface area contributed by atoms with Crippen molar-refractivity contribution in [1.82, 2.24) is 0 Å². The molecule has 0 saturated carbocycles. The molecule has 0 spiro atoms. The predicted molar refractivity (Wildman–Crippen MR) is 62.5 cm³/mol. The van der Waals surface area contributed by atoms with Gasteiger partial charge in [0, 0.05) is 0 Å². The Kier molecular flexibility index (Phi) is 2.78. The Morgan fingerprint density at radius 1 is 1.27 bits per heavy atom. The van der Waals surface area contributed by atoms with Crippen molar-refractivity contribution in [1.29, 1.82) is 0 Å². The van der Waals surface area contributed by atoms with Crippen LogP contribution in [0.4, 0.5) is 16.2 Å². The van der Waals surface area contributed by atoms with Gasteiger partial charge in [-0.1, -0.05) is 35.3 Å². The van der Waals surface area contributed by atoms with Crippen LogP contribution < -0.4 is 10.2 Å². The molecule has 0 bridgehead atoms. The summed E-state index contributed by atoms with van der Waals surface area (Å²) >= 11 is 17.1. The topological polar surface area (TPSA) is 32.3 Å². The quantitative estimate of drug-likeness (QED) is 0.569. The van der Waals surface area contributed by atoms with E-state index >= 15 is 0 Å². The second-order valence-corrected chi connectivity index (χ2v) is 3.89. The molecular weight excluding hydrogens is 258 g/mol. The number of carbonyl (C=O) groups is 1. The molecule has 1 aliphatic heterocycles. The summed E-state index contributed by atoms with van der Waals surface area (Å²) in [7, 11) is 0. The van der Waals surface area contributed by atoms with Gasteiger partial charge in [0.25, 0.3) is 0 Å². The van der Waals surface area contributed by atoms with Crippen molar-refractivity contribution in [2.45, 2.75) is 0 Å². The lowest BCUT2D eigenvalue weighted by molar-refractivity contribution is 0.265. The Hall–Kier alpha value is -0.900. The second kappa shape index (κ2) is 3.93. The van der Waals surface area contributed by atoms with E-state index in [2.05, 4.69) is 5.32 Å². The van der Waals surface area contributed by atoms with Crippen molar-refractivity contribution in [3.63, 3.8) is 0 Å². The second-order valence-electron chi connectivity index (χ2n) is 2.84. The number of para-hydroxylation sites is 2. The maximum Gasteiger partial charge on any atom is 0.326 e. The molecule has 1 aromatic rings. The highest BCUT2D eigenvalue weighted by Crippen LogP contribution is 2.38. The highest BCUT2D eigenvalue weighted by Gasteiger charge is 2.26. The molecule has 1 amide bonds. The molecule has 1 aliphatic rings. The first-order valence-electron chi connectivity index (χ1n) is 4.02. The van der Waals surface area contributed by atoms with Gasteiger partial charge in [-0.15, -0.1) is 0 Å². The first-order valence-corrected chi connectivity index (χ1v) is 5.15. The van der Waals surface area contributed by atoms with Crippen molar-refractivity contribution in [3.8, 4) is 0 Å². The summed E-state index contributed by atoms with van der Waals surface area (Å²) in [5, 5.41) is 2.39. The molecule has 78 valence electrons. The van der Waals surface area contributed by atoms with Gasteiger partial charge in [0.05, 0.1) is 11.4 Å². The van der Waals surface area contributed by atoms with Gasteiger partial charge < -0.3 is 5.32 Å². The van der Waals surface area contributed by atoms with E-state index in [0.29, 0.717) is 11.4 Å². The number of fused-ring (bicyclic) bond motifs is 1. The van der Waals surface area contributed by atoms with E-state index in [0.717, 1.165) is 4.90 Å². The highest BCUT2D eigenvalue weighted by molar-refractivity contribution is 6.68. The predicted octanol–water partition coefficient (Wildman–Crippen LogP) is 3.88. The minimum Gasteiger partial charge on any atom is -0.342 e. The summed E-state index contributed by atoms with van der Waals surface area (Å²) in [6, 6.07) is 7.07. The molecule has 1 N–H and O–H groups in total. The maximum atomic E-state index is 11.2. The summed E-state index contributed by atoms with van der Waals surface area (Å²) in [6.45, 7) is 0. The van der Waals surface area contributed by atoms with Crippen LogP contribution in [-0.2, 0) is 0 Å². The average molecular weight is 264 g/mol. The number of carbonyl (C=O) groups excluding carboxylic acids is 1. The number of nitrogens with zero attached hydrogens (tertiary/aromatic N) is 1. The van der Waals surface area contributed by atoms with Crippen molar-refractivity contribution in [2.24, 2.45) is 0 Å². The number of benzene rings is 1. The molecule has 15 heavy (non-hydrogen) atoms. The summed E-state index contributed by atoms with van der Waals surface area (Å²) in [6.07, 6.45) is 0. The Morgan fingerprint density at radius 2 is 1.93 bits per heavy atom. The van der Waals surface area contributed by atoms with Gasteiger partial charge in [-0.2, -0.15) is 0 Å². The fourth-order valence-corrected chi connectivity index (χ4v) is 1.94. The van der Waals surface area contributed by atoms with Crippen molar-refractivity contribution < 1.29 is 4.79 Å². The van der Waals surface area contributed by atoms with Crippen molar-refractivity contribution in [3.05, 3.63) is 34.6 Å². The van der Waals surface area contributed by atoms with Crippen molar-refractivity contribution >= 4 is 51.5 Å². The molecule has 3 nitrogen and oxygen atoms in total. The zero-order chi connectivity index (χ0) is 11.0. The summed E-state index contributed by atoms with van der Waals surface area (Å²) < 4.78 is 0. The number of anilines is 2. The van der Waals surface area contributed by atoms with Crippen LogP contribution in [0.5, 0.6) is 0 Å². The van der Waals surface area contributed by atoms with Crippen LogP contribution in [0.2, 0.25) is 0 Å². The Balaban J connectivity index is 2.58. The zero-order valence-corrected chi connectivity index (χ0v) is 9.57. The van der Waals surface area contributed by atoms with Crippen LogP contribution in [0.1, 0.15) is 0 Å². The zero-order valence-electron chi connectivity index (χ0n) is 7.30. The molecule has 1 heterocycles. The highest BCUT2D eigenvalue weighted by atomic mass is 35.5. The number of halogens is 3. The van der Waals surface area contributed by atoms with E-state index in [1.807, 2.05) is 6.07 Å². The van der Waals surface area contributed by atoms with Crippen LogP contribution in [-0.4, -0.2) is 5.37 Å².